The minimum atomic E-state index is -0.967. The van der Waals surface area contributed by atoms with Gasteiger partial charge in [-0.05, 0) is 72.9 Å². The molecular weight excluding hydrogens is 510 g/mol. The van der Waals surface area contributed by atoms with Crippen LogP contribution in [0.15, 0.2) is 60.2 Å². The van der Waals surface area contributed by atoms with Gasteiger partial charge in [-0.25, -0.2) is 0 Å². The SMILES string of the molecule is CCOc1cc(C2/C(=C(\O)c3cc(C(C)C)c(OC)cc3C)C(=O)C(=O)N2c2ccccc2OC)ccc1OC. The third kappa shape index (κ3) is 4.97. The summed E-state index contributed by atoms with van der Waals surface area (Å²) in [6.07, 6.45) is 0. The van der Waals surface area contributed by atoms with Crippen LogP contribution in [0.4, 0.5) is 5.69 Å². The molecule has 1 N–H and O–H groups in total. The van der Waals surface area contributed by atoms with Gasteiger partial charge in [0.1, 0.15) is 17.3 Å². The maximum absolute atomic E-state index is 13.7. The number of para-hydroxylation sites is 2. The largest absolute Gasteiger partial charge is 0.507 e. The molecule has 0 saturated carbocycles. The quantitative estimate of drug-likeness (QED) is 0.195. The average molecular weight is 546 g/mol. The number of ether oxygens (including phenoxy) is 4. The van der Waals surface area contributed by atoms with E-state index < -0.39 is 17.7 Å². The van der Waals surface area contributed by atoms with Gasteiger partial charge in [0.05, 0.1) is 45.2 Å². The number of hydrogen-bond donors (Lipinski definition) is 1. The van der Waals surface area contributed by atoms with Crippen LogP contribution in [-0.2, 0) is 9.59 Å². The smallest absolute Gasteiger partial charge is 0.300 e. The zero-order chi connectivity index (χ0) is 29.1. The monoisotopic (exact) mass is 545 g/mol. The second-order valence-corrected chi connectivity index (χ2v) is 9.75. The lowest BCUT2D eigenvalue weighted by atomic mass is 9.91. The van der Waals surface area contributed by atoms with E-state index in [1.54, 1.807) is 49.6 Å². The van der Waals surface area contributed by atoms with E-state index in [1.807, 2.05) is 39.8 Å². The summed E-state index contributed by atoms with van der Waals surface area (Å²) in [6, 6.07) is 14.9. The Morgan fingerprint density at radius 3 is 2.20 bits per heavy atom. The molecule has 1 amide bonds. The Balaban J connectivity index is 2.04. The number of methoxy groups -OCH3 is 3. The molecule has 0 spiro atoms. The van der Waals surface area contributed by atoms with Crippen molar-refractivity contribution in [1.82, 2.24) is 0 Å². The van der Waals surface area contributed by atoms with E-state index in [-0.39, 0.29) is 17.3 Å². The second-order valence-electron chi connectivity index (χ2n) is 9.75. The molecule has 210 valence electrons. The van der Waals surface area contributed by atoms with E-state index in [0.717, 1.165) is 5.56 Å². The summed E-state index contributed by atoms with van der Waals surface area (Å²) >= 11 is 0. The molecule has 1 fully saturated rings. The van der Waals surface area contributed by atoms with Crippen molar-refractivity contribution >= 4 is 23.1 Å². The van der Waals surface area contributed by atoms with Gasteiger partial charge in [0, 0.05) is 5.56 Å². The number of carbonyl (C=O) groups excluding carboxylic acids is 2. The molecule has 1 unspecified atom stereocenters. The van der Waals surface area contributed by atoms with Crippen molar-refractivity contribution < 1.29 is 33.6 Å². The van der Waals surface area contributed by atoms with Crippen LogP contribution in [-0.4, -0.2) is 44.7 Å². The molecular formula is C32H35NO7. The zero-order valence-electron chi connectivity index (χ0n) is 23.9. The number of ketones is 1. The predicted molar refractivity (Wildman–Crippen MR) is 154 cm³/mol. The van der Waals surface area contributed by atoms with E-state index in [1.165, 1.54) is 19.1 Å². The van der Waals surface area contributed by atoms with Gasteiger partial charge in [-0.1, -0.05) is 32.0 Å². The van der Waals surface area contributed by atoms with Crippen LogP contribution >= 0.6 is 0 Å². The van der Waals surface area contributed by atoms with Gasteiger partial charge in [0.2, 0.25) is 0 Å². The summed E-state index contributed by atoms with van der Waals surface area (Å²) in [4.78, 5) is 28.8. The fourth-order valence-electron chi connectivity index (χ4n) is 5.08. The van der Waals surface area contributed by atoms with Crippen LogP contribution < -0.4 is 23.8 Å². The molecule has 0 bridgehead atoms. The number of amides is 1. The van der Waals surface area contributed by atoms with Gasteiger partial charge in [0.25, 0.3) is 11.7 Å². The van der Waals surface area contributed by atoms with Crippen molar-refractivity contribution in [1.29, 1.82) is 0 Å². The van der Waals surface area contributed by atoms with E-state index in [2.05, 4.69) is 0 Å². The molecule has 1 aliphatic heterocycles. The lowest BCUT2D eigenvalue weighted by Gasteiger charge is -2.27. The lowest BCUT2D eigenvalue weighted by Crippen LogP contribution is -2.29. The number of rotatable bonds is 9. The Hall–Kier alpha value is -4.46. The highest BCUT2D eigenvalue weighted by molar-refractivity contribution is 6.52. The number of aliphatic hydroxyl groups is 1. The van der Waals surface area contributed by atoms with Crippen molar-refractivity contribution in [2.45, 2.75) is 39.7 Å². The zero-order valence-corrected chi connectivity index (χ0v) is 23.9. The van der Waals surface area contributed by atoms with Crippen molar-refractivity contribution in [3.05, 3.63) is 82.4 Å². The van der Waals surface area contributed by atoms with Crippen molar-refractivity contribution in [2.75, 3.05) is 32.8 Å². The van der Waals surface area contributed by atoms with E-state index in [0.29, 0.717) is 52.0 Å². The van der Waals surface area contributed by atoms with Gasteiger partial charge in [-0.15, -0.1) is 0 Å². The number of aryl methyl sites for hydroxylation is 1. The third-order valence-electron chi connectivity index (χ3n) is 7.05. The number of aliphatic hydroxyl groups excluding tert-OH is 1. The highest BCUT2D eigenvalue weighted by Gasteiger charge is 2.48. The van der Waals surface area contributed by atoms with Crippen LogP contribution in [0.25, 0.3) is 5.76 Å². The predicted octanol–water partition coefficient (Wildman–Crippen LogP) is 6.17. The number of Topliss-reactive ketones (excluding diaryl/α,β-unsaturated/α-hetero) is 1. The molecule has 40 heavy (non-hydrogen) atoms. The Kier molecular flexibility index (Phi) is 8.38. The molecule has 3 aromatic rings. The van der Waals surface area contributed by atoms with Gasteiger partial charge in [0.15, 0.2) is 11.5 Å². The molecule has 0 aliphatic carbocycles. The number of nitrogens with zero attached hydrogens (tertiary/aromatic N) is 1. The summed E-state index contributed by atoms with van der Waals surface area (Å²) in [5.41, 5.74) is 2.95. The number of carbonyl (C=O) groups is 2. The highest BCUT2D eigenvalue weighted by Crippen LogP contribution is 2.47. The molecule has 0 radical (unpaired) electrons. The molecule has 3 aromatic carbocycles. The van der Waals surface area contributed by atoms with Crippen LogP contribution in [0.2, 0.25) is 0 Å². The van der Waals surface area contributed by atoms with E-state index in [9.17, 15) is 14.7 Å². The summed E-state index contributed by atoms with van der Waals surface area (Å²) in [5.74, 6) is 0.301. The summed E-state index contributed by atoms with van der Waals surface area (Å²) in [7, 11) is 4.63. The summed E-state index contributed by atoms with van der Waals surface area (Å²) in [6.45, 7) is 8.10. The van der Waals surface area contributed by atoms with Crippen LogP contribution in [0.3, 0.4) is 0 Å². The van der Waals surface area contributed by atoms with Crippen molar-refractivity contribution in [3.63, 3.8) is 0 Å². The maximum atomic E-state index is 13.7. The van der Waals surface area contributed by atoms with Gasteiger partial charge >= 0.3 is 0 Å². The lowest BCUT2D eigenvalue weighted by molar-refractivity contribution is -0.132. The van der Waals surface area contributed by atoms with Crippen molar-refractivity contribution in [2.24, 2.45) is 0 Å². The third-order valence-corrected chi connectivity index (χ3v) is 7.05. The molecule has 4 rings (SSSR count). The first-order valence-corrected chi connectivity index (χ1v) is 13.1. The fourth-order valence-corrected chi connectivity index (χ4v) is 5.08. The summed E-state index contributed by atoms with van der Waals surface area (Å²) < 4.78 is 22.4. The van der Waals surface area contributed by atoms with Crippen LogP contribution in [0, 0.1) is 6.92 Å². The molecule has 8 nitrogen and oxygen atoms in total. The molecule has 0 aromatic heterocycles. The first kappa shape index (κ1) is 28.5. The van der Waals surface area contributed by atoms with Crippen molar-refractivity contribution in [3.8, 4) is 23.0 Å². The Morgan fingerprint density at radius 2 is 1.57 bits per heavy atom. The minimum Gasteiger partial charge on any atom is -0.507 e. The molecule has 1 aliphatic rings. The fraction of sp³-hybridized carbons (Fsp3) is 0.312. The molecule has 1 atom stereocenters. The number of benzene rings is 3. The van der Waals surface area contributed by atoms with Crippen LogP contribution in [0.1, 0.15) is 55.0 Å². The Morgan fingerprint density at radius 1 is 0.900 bits per heavy atom. The highest BCUT2D eigenvalue weighted by atomic mass is 16.5. The molecule has 1 heterocycles. The standard InChI is InChI=1S/C32H35NO7/c1-8-40-27-16-20(13-14-25(27)38-6)29-28(30(34)22-17-21(18(2)3)26(39-7)15-19(22)4)31(35)32(36)33(29)23-11-9-10-12-24(23)37-5/h9-18,29,34H,8H2,1-7H3/b30-28+. The van der Waals surface area contributed by atoms with Gasteiger partial charge < -0.3 is 24.1 Å². The second kappa shape index (κ2) is 11.7. The average Bonchev–Trinajstić information content (AvgIpc) is 3.22. The molecule has 1 saturated heterocycles. The number of hydrogen-bond acceptors (Lipinski definition) is 7. The van der Waals surface area contributed by atoms with Gasteiger partial charge in [-0.3, -0.25) is 14.5 Å². The first-order chi connectivity index (χ1) is 19.2. The van der Waals surface area contributed by atoms with E-state index in [4.69, 9.17) is 18.9 Å². The first-order valence-electron chi connectivity index (χ1n) is 13.1. The Labute approximate surface area is 234 Å². The normalized spacial score (nSPS) is 16.4. The number of anilines is 1. The topological polar surface area (TPSA) is 94.5 Å². The van der Waals surface area contributed by atoms with Gasteiger partial charge in [-0.2, -0.15) is 0 Å². The maximum Gasteiger partial charge on any atom is 0.300 e. The Bertz CT molecular complexity index is 1470. The molecule has 8 heteroatoms. The summed E-state index contributed by atoms with van der Waals surface area (Å²) in [5, 5.41) is 11.8. The van der Waals surface area contributed by atoms with E-state index >= 15 is 0 Å². The minimum absolute atomic E-state index is 0.0357. The van der Waals surface area contributed by atoms with Crippen LogP contribution in [0.5, 0.6) is 23.0 Å².